The number of piperazine rings is 1. The zero-order valence-electron chi connectivity index (χ0n) is 13.2. The Hall–Kier alpha value is -2.07. The Morgan fingerprint density at radius 2 is 1.65 bits per heavy atom. The molecule has 0 aromatic heterocycles. The molecule has 0 aliphatic carbocycles. The molecular weight excluding hydrogens is 326 g/mol. The van der Waals surface area contributed by atoms with Crippen molar-refractivity contribution >= 4 is 21.4 Å². The first-order valence-corrected chi connectivity index (χ1v) is 8.73. The molecule has 0 saturated carbocycles. The van der Waals surface area contributed by atoms with Gasteiger partial charge in [-0.1, -0.05) is 0 Å². The van der Waals surface area contributed by atoms with Gasteiger partial charge in [0.15, 0.2) is 5.75 Å². The molecule has 0 radical (unpaired) electrons. The number of ether oxygens (including phenoxy) is 2. The van der Waals surface area contributed by atoms with Crippen LogP contribution in [0.3, 0.4) is 0 Å². The van der Waals surface area contributed by atoms with Gasteiger partial charge in [0, 0.05) is 32.2 Å². The third-order valence-corrected chi connectivity index (χ3v) is 5.03. The minimum atomic E-state index is -3.22. The predicted molar refractivity (Wildman–Crippen MR) is 84.8 cm³/mol. The molecule has 9 nitrogen and oxygen atoms in total. The van der Waals surface area contributed by atoms with Crippen LogP contribution in [0.2, 0.25) is 0 Å². The van der Waals surface area contributed by atoms with Crippen LogP contribution in [0.5, 0.6) is 11.5 Å². The van der Waals surface area contributed by atoms with Crippen LogP contribution < -0.4 is 14.4 Å². The molecule has 0 amide bonds. The normalized spacial score (nSPS) is 16.2. The highest BCUT2D eigenvalue weighted by Gasteiger charge is 2.27. The van der Waals surface area contributed by atoms with Gasteiger partial charge < -0.3 is 14.4 Å². The third-order valence-electron chi connectivity index (χ3n) is 3.73. The molecule has 1 fully saturated rings. The molecule has 128 valence electrons. The van der Waals surface area contributed by atoms with Gasteiger partial charge in [-0.3, -0.25) is 10.1 Å². The van der Waals surface area contributed by atoms with Crippen LogP contribution in [0.4, 0.5) is 11.4 Å². The number of rotatable bonds is 5. The zero-order chi connectivity index (χ0) is 17.2. The molecule has 1 aliphatic rings. The van der Waals surface area contributed by atoms with Crippen LogP contribution in [0.25, 0.3) is 0 Å². The lowest BCUT2D eigenvalue weighted by Gasteiger charge is -2.35. The van der Waals surface area contributed by atoms with E-state index in [1.807, 2.05) is 4.90 Å². The fraction of sp³-hybridized carbons (Fsp3) is 0.538. The van der Waals surface area contributed by atoms with Crippen molar-refractivity contribution in [1.82, 2.24) is 4.31 Å². The minimum Gasteiger partial charge on any atom is -0.494 e. The highest BCUT2D eigenvalue weighted by atomic mass is 32.2. The number of nitro groups is 1. The van der Waals surface area contributed by atoms with Gasteiger partial charge in [0.05, 0.1) is 37.2 Å². The fourth-order valence-electron chi connectivity index (χ4n) is 2.52. The Morgan fingerprint density at radius 3 is 2.09 bits per heavy atom. The quantitative estimate of drug-likeness (QED) is 0.571. The number of hydrogen-bond acceptors (Lipinski definition) is 7. The summed E-state index contributed by atoms with van der Waals surface area (Å²) in [6.07, 6.45) is 1.18. The monoisotopic (exact) mass is 345 g/mol. The standard InChI is InChI=1S/C13H19N3O6S/c1-21-12-9-11(16(17)18)13(22-2)8-10(12)14-4-6-15(7-5-14)23(3,19)20/h8-9H,4-7H2,1-3H3. The number of hydrogen-bond donors (Lipinski definition) is 0. The summed E-state index contributed by atoms with van der Waals surface area (Å²) in [5.74, 6) is 0.488. The number of nitro benzene ring substituents is 1. The Kier molecular flexibility index (Phi) is 4.95. The van der Waals surface area contributed by atoms with E-state index in [4.69, 9.17) is 9.47 Å². The van der Waals surface area contributed by atoms with E-state index >= 15 is 0 Å². The summed E-state index contributed by atoms with van der Waals surface area (Å²) in [6.45, 7) is 1.62. The molecule has 1 heterocycles. The molecule has 0 spiro atoms. The van der Waals surface area contributed by atoms with Crippen molar-refractivity contribution in [3.8, 4) is 11.5 Å². The highest BCUT2D eigenvalue weighted by Crippen LogP contribution is 2.39. The molecule has 1 aliphatic heterocycles. The van der Waals surface area contributed by atoms with Crippen LogP contribution in [0.15, 0.2) is 12.1 Å². The summed E-state index contributed by atoms with van der Waals surface area (Å²) in [5, 5.41) is 11.1. The smallest absolute Gasteiger partial charge is 0.314 e. The van der Waals surface area contributed by atoms with Gasteiger partial charge in [-0.25, -0.2) is 8.42 Å². The van der Waals surface area contributed by atoms with Crippen molar-refractivity contribution in [3.63, 3.8) is 0 Å². The number of sulfonamides is 1. The van der Waals surface area contributed by atoms with E-state index in [0.717, 1.165) is 0 Å². The Bertz CT molecular complexity index is 698. The van der Waals surface area contributed by atoms with Gasteiger partial charge in [0.25, 0.3) is 0 Å². The Balaban J connectivity index is 2.31. The topological polar surface area (TPSA) is 102 Å². The summed E-state index contributed by atoms with van der Waals surface area (Å²) in [5.41, 5.74) is 0.464. The SMILES string of the molecule is COc1cc([N+](=O)[O-])c(OC)cc1N1CCN(S(C)(=O)=O)CC1. The fourth-order valence-corrected chi connectivity index (χ4v) is 3.34. The summed E-state index contributed by atoms with van der Waals surface area (Å²) >= 11 is 0. The number of methoxy groups -OCH3 is 2. The van der Waals surface area contributed by atoms with Gasteiger partial charge >= 0.3 is 5.69 Å². The van der Waals surface area contributed by atoms with Crippen molar-refractivity contribution in [2.24, 2.45) is 0 Å². The molecule has 0 unspecified atom stereocenters. The maximum absolute atomic E-state index is 11.6. The Morgan fingerprint density at radius 1 is 1.09 bits per heavy atom. The van der Waals surface area contributed by atoms with E-state index in [1.54, 1.807) is 6.07 Å². The van der Waals surface area contributed by atoms with Crippen molar-refractivity contribution in [3.05, 3.63) is 22.2 Å². The lowest BCUT2D eigenvalue weighted by Crippen LogP contribution is -2.48. The second-order valence-electron chi connectivity index (χ2n) is 5.10. The minimum absolute atomic E-state index is 0.136. The van der Waals surface area contributed by atoms with Crippen LogP contribution in [-0.4, -0.2) is 64.3 Å². The van der Waals surface area contributed by atoms with Crippen molar-refractivity contribution < 1.29 is 22.8 Å². The van der Waals surface area contributed by atoms with E-state index in [1.165, 1.54) is 30.8 Å². The van der Waals surface area contributed by atoms with E-state index < -0.39 is 14.9 Å². The van der Waals surface area contributed by atoms with Crippen LogP contribution >= 0.6 is 0 Å². The second kappa shape index (κ2) is 6.59. The predicted octanol–water partition coefficient (Wildman–Crippen LogP) is 0.694. The van der Waals surface area contributed by atoms with Gasteiger partial charge in [0.1, 0.15) is 5.75 Å². The first-order valence-electron chi connectivity index (χ1n) is 6.88. The van der Waals surface area contributed by atoms with Gasteiger partial charge in [-0.05, 0) is 0 Å². The summed E-state index contributed by atoms with van der Waals surface area (Å²) in [7, 11) is -0.423. The second-order valence-corrected chi connectivity index (χ2v) is 7.08. The molecule has 23 heavy (non-hydrogen) atoms. The summed E-state index contributed by atoms with van der Waals surface area (Å²) < 4.78 is 34.9. The lowest BCUT2D eigenvalue weighted by molar-refractivity contribution is -0.385. The first kappa shape index (κ1) is 17.3. The van der Waals surface area contributed by atoms with E-state index in [0.29, 0.717) is 37.6 Å². The van der Waals surface area contributed by atoms with Crippen LogP contribution in [-0.2, 0) is 10.0 Å². The molecule has 1 aromatic rings. The van der Waals surface area contributed by atoms with Crippen LogP contribution in [0, 0.1) is 10.1 Å². The first-order chi connectivity index (χ1) is 10.8. The largest absolute Gasteiger partial charge is 0.494 e. The maximum atomic E-state index is 11.6. The maximum Gasteiger partial charge on any atom is 0.314 e. The van der Waals surface area contributed by atoms with E-state index in [-0.39, 0.29) is 11.4 Å². The molecule has 1 aromatic carbocycles. The molecular formula is C13H19N3O6S. The van der Waals surface area contributed by atoms with E-state index in [2.05, 4.69) is 0 Å². The average molecular weight is 345 g/mol. The molecule has 2 rings (SSSR count). The van der Waals surface area contributed by atoms with Gasteiger partial charge in [0.2, 0.25) is 10.0 Å². The number of nitrogens with zero attached hydrogens (tertiary/aromatic N) is 3. The summed E-state index contributed by atoms with van der Waals surface area (Å²) in [4.78, 5) is 12.5. The molecule has 0 atom stereocenters. The molecule has 1 saturated heterocycles. The lowest BCUT2D eigenvalue weighted by atomic mass is 10.2. The number of anilines is 1. The molecule has 10 heteroatoms. The van der Waals surface area contributed by atoms with Crippen molar-refractivity contribution in [2.75, 3.05) is 51.6 Å². The summed E-state index contributed by atoms with van der Waals surface area (Å²) in [6, 6.07) is 2.87. The average Bonchev–Trinajstić information content (AvgIpc) is 2.52. The highest BCUT2D eigenvalue weighted by molar-refractivity contribution is 7.88. The van der Waals surface area contributed by atoms with Crippen LogP contribution in [0.1, 0.15) is 0 Å². The molecule has 0 N–H and O–H groups in total. The van der Waals surface area contributed by atoms with Crippen molar-refractivity contribution in [2.45, 2.75) is 0 Å². The van der Waals surface area contributed by atoms with E-state index in [9.17, 15) is 18.5 Å². The number of benzene rings is 1. The van der Waals surface area contributed by atoms with Gasteiger partial charge in [-0.15, -0.1) is 0 Å². The Labute approximate surface area is 134 Å². The molecule has 0 bridgehead atoms. The third kappa shape index (κ3) is 3.64. The van der Waals surface area contributed by atoms with Crippen molar-refractivity contribution in [1.29, 1.82) is 0 Å². The zero-order valence-corrected chi connectivity index (χ0v) is 14.0. The van der Waals surface area contributed by atoms with Gasteiger partial charge in [-0.2, -0.15) is 4.31 Å².